The lowest BCUT2D eigenvalue weighted by Gasteiger charge is -2.56. The van der Waals surface area contributed by atoms with Crippen molar-refractivity contribution in [1.29, 1.82) is 0 Å². The van der Waals surface area contributed by atoms with Gasteiger partial charge in [-0.3, -0.25) is 4.79 Å². The predicted octanol–water partition coefficient (Wildman–Crippen LogP) is 3.86. The SMILES string of the molecule is CN(C(=O)c1cc(F)ccc1F)C1C2CC3CC(C2)CC1C3. The van der Waals surface area contributed by atoms with Crippen LogP contribution in [0.25, 0.3) is 0 Å². The summed E-state index contributed by atoms with van der Waals surface area (Å²) in [7, 11) is 1.76. The highest BCUT2D eigenvalue weighted by atomic mass is 19.1. The molecule has 0 aromatic heterocycles. The highest BCUT2D eigenvalue weighted by Gasteiger charge is 2.50. The van der Waals surface area contributed by atoms with Crippen molar-refractivity contribution in [3.63, 3.8) is 0 Å². The Balaban J connectivity index is 1.60. The van der Waals surface area contributed by atoms with E-state index in [2.05, 4.69) is 0 Å². The number of amides is 1. The van der Waals surface area contributed by atoms with E-state index in [1.54, 1.807) is 11.9 Å². The Kier molecular flexibility index (Phi) is 3.24. The molecular formula is C18H21F2NO. The van der Waals surface area contributed by atoms with Gasteiger partial charge in [0.2, 0.25) is 0 Å². The monoisotopic (exact) mass is 305 g/mol. The molecule has 1 amide bonds. The summed E-state index contributed by atoms with van der Waals surface area (Å²) in [6, 6.07) is 3.30. The largest absolute Gasteiger partial charge is 0.338 e. The number of nitrogens with zero attached hydrogens (tertiary/aromatic N) is 1. The van der Waals surface area contributed by atoms with Gasteiger partial charge in [-0.15, -0.1) is 0 Å². The second kappa shape index (κ2) is 5.04. The van der Waals surface area contributed by atoms with Gasteiger partial charge in [-0.2, -0.15) is 0 Å². The van der Waals surface area contributed by atoms with Gasteiger partial charge in [0.05, 0.1) is 5.56 Å². The summed E-state index contributed by atoms with van der Waals surface area (Å²) >= 11 is 0. The maximum atomic E-state index is 13.9. The molecule has 4 saturated carbocycles. The van der Waals surface area contributed by atoms with E-state index in [1.807, 2.05) is 0 Å². The molecule has 1 aromatic rings. The molecule has 4 aliphatic carbocycles. The molecule has 4 fully saturated rings. The Hall–Kier alpha value is -1.45. The average Bonchev–Trinajstić information content (AvgIpc) is 2.47. The molecule has 4 heteroatoms. The van der Waals surface area contributed by atoms with Crippen molar-refractivity contribution in [3.05, 3.63) is 35.4 Å². The van der Waals surface area contributed by atoms with Crippen molar-refractivity contribution in [2.75, 3.05) is 7.05 Å². The Bertz CT molecular complexity index is 587. The topological polar surface area (TPSA) is 20.3 Å². The van der Waals surface area contributed by atoms with Gasteiger partial charge in [0.1, 0.15) is 11.6 Å². The van der Waals surface area contributed by atoms with E-state index in [0.29, 0.717) is 11.8 Å². The van der Waals surface area contributed by atoms with Crippen molar-refractivity contribution >= 4 is 5.91 Å². The average molecular weight is 305 g/mol. The molecule has 0 aliphatic heterocycles. The maximum Gasteiger partial charge on any atom is 0.256 e. The van der Waals surface area contributed by atoms with Crippen LogP contribution in [0.5, 0.6) is 0 Å². The molecule has 0 N–H and O–H groups in total. The van der Waals surface area contributed by atoms with Crippen LogP contribution in [0.4, 0.5) is 8.78 Å². The third-order valence-corrected chi connectivity index (χ3v) is 6.10. The minimum atomic E-state index is -0.637. The molecule has 22 heavy (non-hydrogen) atoms. The normalized spacial score (nSPS) is 35.7. The van der Waals surface area contributed by atoms with Crippen LogP contribution in [0, 0.1) is 35.3 Å². The Morgan fingerprint density at radius 2 is 1.64 bits per heavy atom. The fourth-order valence-electron chi connectivity index (χ4n) is 5.52. The summed E-state index contributed by atoms with van der Waals surface area (Å²) in [6.45, 7) is 0. The lowest BCUT2D eigenvalue weighted by Crippen LogP contribution is -2.56. The minimum Gasteiger partial charge on any atom is -0.338 e. The first-order valence-electron chi connectivity index (χ1n) is 8.25. The summed E-state index contributed by atoms with van der Waals surface area (Å²) in [4.78, 5) is 14.4. The van der Waals surface area contributed by atoms with Gasteiger partial charge in [0.15, 0.2) is 0 Å². The van der Waals surface area contributed by atoms with E-state index in [0.717, 1.165) is 30.0 Å². The van der Waals surface area contributed by atoms with Gasteiger partial charge in [0, 0.05) is 13.1 Å². The van der Waals surface area contributed by atoms with Crippen LogP contribution in [0.3, 0.4) is 0 Å². The highest BCUT2D eigenvalue weighted by molar-refractivity contribution is 5.94. The summed E-state index contributed by atoms with van der Waals surface area (Å²) in [5, 5.41) is 0. The third kappa shape index (κ3) is 2.15. The molecule has 2 nitrogen and oxygen atoms in total. The minimum absolute atomic E-state index is 0.142. The zero-order chi connectivity index (χ0) is 15.4. The zero-order valence-corrected chi connectivity index (χ0v) is 12.8. The number of carbonyl (C=O) groups excluding carboxylic acids is 1. The van der Waals surface area contributed by atoms with E-state index < -0.39 is 11.6 Å². The molecule has 5 rings (SSSR count). The van der Waals surface area contributed by atoms with Gasteiger partial charge in [-0.1, -0.05) is 0 Å². The van der Waals surface area contributed by atoms with Crippen molar-refractivity contribution in [2.45, 2.75) is 38.1 Å². The van der Waals surface area contributed by atoms with Crippen LogP contribution in [0.2, 0.25) is 0 Å². The maximum absolute atomic E-state index is 13.9. The molecule has 0 radical (unpaired) electrons. The molecule has 0 spiro atoms. The van der Waals surface area contributed by atoms with Crippen molar-refractivity contribution in [1.82, 2.24) is 4.90 Å². The second-order valence-corrected chi connectivity index (χ2v) is 7.46. The number of hydrogen-bond donors (Lipinski definition) is 0. The fourth-order valence-corrected chi connectivity index (χ4v) is 5.52. The van der Waals surface area contributed by atoms with Gasteiger partial charge in [-0.25, -0.2) is 8.78 Å². The number of benzene rings is 1. The lowest BCUT2D eigenvalue weighted by atomic mass is 9.54. The molecular weight excluding hydrogens is 284 g/mol. The fraction of sp³-hybridized carbons (Fsp3) is 0.611. The zero-order valence-electron chi connectivity index (χ0n) is 12.8. The first-order chi connectivity index (χ1) is 10.5. The van der Waals surface area contributed by atoms with Gasteiger partial charge in [-0.05, 0) is 74.0 Å². The Labute approximate surface area is 129 Å². The summed E-state index contributed by atoms with van der Waals surface area (Å²) in [6.07, 6.45) is 6.14. The van der Waals surface area contributed by atoms with Gasteiger partial charge in [0.25, 0.3) is 5.91 Å². The molecule has 118 valence electrons. The van der Waals surface area contributed by atoms with Crippen LogP contribution < -0.4 is 0 Å². The van der Waals surface area contributed by atoms with E-state index in [9.17, 15) is 13.6 Å². The van der Waals surface area contributed by atoms with Crippen LogP contribution in [-0.2, 0) is 0 Å². The van der Waals surface area contributed by atoms with Crippen molar-refractivity contribution in [2.24, 2.45) is 23.7 Å². The van der Waals surface area contributed by atoms with Gasteiger partial charge >= 0.3 is 0 Å². The van der Waals surface area contributed by atoms with E-state index in [4.69, 9.17) is 0 Å². The lowest BCUT2D eigenvalue weighted by molar-refractivity contribution is -0.0492. The quantitative estimate of drug-likeness (QED) is 0.812. The molecule has 0 atom stereocenters. The van der Waals surface area contributed by atoms with E-state index in [1.165, 1.54) is 32.1 Å². The number of hydrogen-bond acceptors (Lipinski definition) is 1. The highest BCUT2D eigenvalue weighted by Crippen LogP contribution is 2.55. The summed E-state index contributed by atoms with van der Waals surface area (Å²) < 4.78 is 27.3. The van der Waals surface area contributed by atoms with Crippen LogP contribution >= 0.6 is 0 Å². The predicted molar refractivity (Wildman–Crippen MR) is 79.3 cm³/mol. The standard InChI is InChI=1S/C18H21F2NO/c1-21(18(22)15-9-14(19)2-3-16(15)20)17-12-5-10-4-11(7-12)8-13(17)6-10/h2-3,9-13,17H,4-8H2,1H3. The molecule has 4 aliphatic rings. The van der Waals surface area contributed by atoms with Crippen LogP contribution in [0.15, 0.2) is 18.2 Å². The Morgan fingerprint density at radius 1 is 1.05 bits per heavy atom. The van der Waals surface area contributed by atoms with Crippen LogP contribution in [-0.4, -0.2) is 23.9 Å². The van der Waals surface area contributed by atoms with Crippen molar-refractivity contribution in [3.8, 4) is 0 Å². The Morgan fingerprint density at radius 3 is 2.23 bits per heavy atom. The summed E-state index contributed by atoms with van der Waals surface area (Å²) in [5.74, 6) is 1.16. The molecule has 0 heterocycles. The van der Waals surface area contributed by atoms with Crippen molar-refractivity contribution < 1.29 is 13.6 Å². The third-order valence-electron chi connectivity index (χ3n) is 6.10. The smallest absolute Gasteiger partial charge is 0.256 e. The number of carbonyl (C=O) groups is 1. The van der Waals surface area contributed by atoms with Gasteiger partial charge < -0.3 is 4.90 Å². The number of halogens is 2. The van der Waals surface area contributed by atoms with Crippen LogP contribution in [0.1, 0.15) is 42.5 Å². The first kappa shape index (κ1) is 14.2. The molecule has 0 unspecified atom stereocenters. The molecule has 4 bridgehead atoms. The first-order valence-corrected chi connectivity index (χ1v) is 8.25. The molecule has 1 aromatic carbocycles. The molecule has 0 saturated heterocycles. The number of rotatable bonds is 2. The summed E-state index contributed by atoms with van der Waals surface area (Å²) in [5.41, 5.74) is -0.142. The van der Waals surface area contributed by atoms with E-state index >= 15 is 0 Å². The second-order valence-electron chi connectivity index (χ2n) is 7.46. The van der Waals surface area contributed by atoms with E-state index in [-0.39, 0.29) is 17.5 Å².